The van der Waals surface area contributed by atoms with Gasteiger partial charge in [0.1, 0.15) is 5.75 Å². The lowest BCUT2D eigenvalue weighted by atomic mass is 10.0. The van der Waals surface area contributed by atoms with Gasteiger partial charge >= 0.3 is 0 Å². The fourth-order valence-electron chi connectivity index (χ4n) is 2.46. The number of carbonyl (C=O) groups is 2. The van der Waals surface area contributed by atoms with Gasteiger partial charge in [0.2, 0.25) is 5.91 Å². The molecule has 1 aromatic rings. The van der Waals surface area contributed by atoms with Crippen LogP contribution in [0.2, 0.25) is 0 Å². The summed E-state index contributed by atoms with van der Waals surface area (Å²) < 4.78 is 0. The highest BCUT2D eigenvalue weighted by Gasteiger charge is 2.25. The van der Waals surface area contributed by atoms with Crippen LogP contribution >= 0.6 is 0 Å². The SMILES string of the molecule is CCC(=O)NC1CCN(C(=O)c2cc(O)ccc2N)CC1. The van der Waals surface area contributed by atoms with Crippen molar-refractivity contribution in [3.05, 3.63) is 23.8 Å². The maximum absolute atomic E-state index is 12.4. The Bertz CT molecular complexity index is 537. The third-order valence-electron chi connectivity index (χ3n) is 3.74. The average Bonchev–Trinajstić information content (AvgIpc) is 2.49. The molecule has 6 nitrogen and oxygen atoms in total. The number of nitrogen functional groups attached to an aromatic ring is 1. The van der Waals surface area contributed by atoms with Gasteiger partial charge in [0, 0.05) is 31.2 Å². The van der Waals surface area contributed by atoms with E-state index < -0.39 is 0 Å². The highest BCUT2D eigenvalue weighted by atomic mass is 16.3. The number of phenolic OH excluding ortho intramolecular Hbond substituents is 1. The van der Waals surface area contributed by atoms with Crippen LogP contribution in [0.4, 0.5) is 5.69 Å². The molecule has 114 valence electrons. The molecule has 0 radical (unpaired) electrons. The maximum Gasteiger partial charge on any atom is 0.256 e. The Balaban J connectivity index is 1.97. The highest BCUT2D eigenvalue weighted by Crippen LogP contribution is 2.22. The number of likely N-dealkylation sites (tertiary alicyclic amines) is 1. The summed E-state index contributed by atoms with van der Waals surface area (Å²) in [7, 11) is 0. The number of phenols is 1. The van der Waals surface area contributed by atoms with Gasteiger partial charge in [-0.3, -0.25) is 9.59 Å². The van der Waals surface area contributed by atoms with Crippen molar-refractivity contribution in [2.75, 3.05) is 18.8 Å². The maximum atomic E-state index is 12.4. The monoisotopic (exact) mass is 291 g/mol. The predicted molar refractivity (Wildman–Crippen MR) is 79.9 cm³/mol. The summed E-state index contributed by atoms with van der Waals surface area (Å²) in [5.74, 6) is -0.113. The molecule has 0 aromatic heterocycles. The Labute approximate surface area is 123 Å². The molecule has 0 saturated carbocycles. The first-order chi connectivity index (χ1) is 10.0. The summed E-state index contributed by atoms with van der Waals surface area (Å²) in [6, 6.07) is 4.50. The van der Waals surface area contributed by atoms with Crippen LogP contribution in [0.25, 0.3) is 0 Å². The molecule has 4 N–H and O–H groups in total. The number of hydrogen-bond donors (Lipinski definition) is 3. The van der Waals surface area contributed by atoms with Crippen LogP contribution in [-0.2, 0) is 4.79 Å². The van der Waals surface area contributed by atoms with Gasteiger partial charge in [-0.1, -0.05) is 6.92 Å². The summed E-state index contributed by atoms with van der Waals surface area (Å²) in [4.78, 5) is 25.5. The van der Waals surface area contributed by atoms with Crippen LogP contribution in [0.3, 0.4) is 0 Å². The van der Waals surface area contributed by atoms with Crippen molar-refractivity contribution in [3.8, 4) is 5.75 Å². The molecular weight excluding hydrogens is 270 g/mol. The summed E-state index contributed by atoms with van der Waals surface area (Å²) in [6.07, 6.45) is 1.94. The number of benzene rings is 1. The fraction of sp³-hybridized carbons (Fsp3) is 0.467. The first kappa shape index (κ1) is 15.2. The van der Waals surface area contributed by atoms with Crippen molar-refractivity contribution in [1.82, 2.24) is 10.2 Å². The number of hydrogen-bond acceptors (Lipinski definition) is 4. The molecule has 1 saturated heterocycles. The number of amides is 2. The average molecular weight is 291 g/mol. The number of nitrogens with one attached hydrogen (secondary N) is 1. The summed E-state index contributed by atoms with van der Waals surface area (Å²) >= 11 is 0. The number of piperidine rings is 1. The third kappa shape index (κ3) is 3.65. The smallest absolute Gasteiger partial charge is 0.256 e. The van der Waals surface area contributed by atoms with Crippen molar-refractivity contribution < 1.29 is 14.7 Å². The lowest BCUT2D eigenvalue weighted by molar-refractivity contribution is -0.121. The highest BCUT2D eigenvalue weighted by molar-refractivity contribution is 5.99. The number of carbonyl (C=O) groups excluding carboxylic acids is 2. The Morgan fingerprint density at radius 2 is 2.05 bits per heavy atom. The topological polar surface area (TPSA) is 95.7 Å². The zero-order chi connectivity index (χ0) is 15.4. The number of anilines is 1. The van der Waals surface area contributed by atoms with E-state index in [1.807, 2.05) is 6.92 Å². The summed E-state index contributed by atoms with van der Waals surface area (Å²) in [6.45, 7) is 2.96. The lowest BCUT2D eigenvalue weighted by Crippen LogP contribution is -2.46. The van der Waals surface area contributed by atoms with Gasteiger partial charge in [-0.05, 0) is 31.0 Å². The minimum absolute atomic E-state index is 0.0256. The van der Waals surface area contributed by atoms with E-state index in [0.29, 0.717) is 30.8 Å². The van der Waals surface area contributed by atoms with Crippen molar-refractivity contribution in [3.63, 3.8) is 0 Å². The fourth-order valence-corrected chi connectivity index (χ4v) is 2.46. The number of nitrogens with zero attached hydrogens (tertiary/aromatic N) is 1. The van der Waals surface area contributed by atoms with Crippen molar-refractivity contribution in [2.24, 2.45) is 0 Å². The van der Waals surface area contributed by atoms with Crippen molar-refractivity contribution >= 4 is 17.5 Å². The molecule has 21 heavy (non-hydrogen) atoms. The third-order valence-corrected chi connectivity index (χ3v) is 3.74. The molecular formula is C15H21N3O3. The van der Waals surface area contributed by atoms with Crippen LogP contribution in [0.1, 0.15) is 36.5 Å². The van der Waals surface area contributed by atoms with Crippen LogP contribution in [-0.4, -0.2) is 41.0 Å². The van der Waals surface area contributed by atoms with Crippen molar-refractivity contribution in [1.29, 1.82) is 0 Å². The van der Waals surface area contributed by atoms with Gasteiger partial charge in [-0.2, -0.15) is 0 Å². The van der Waals surface area contributed by atoms with Gasteiger partial charge in [-0.15, -0.1) is 0 Å². The molecule has 0 bridgehead atoms. The second kappa shape index (κ2) is 6.47. The van der Waals surface area contributed by atoms with Crippen LogP contribution in [0.5, 0.6) is 5.75 Å². The molecule has 2 amide bonds. The second-order valence-corrected chi connectivity index (χ2v) is 5.26. The first-order valence-electron chi connectivity index (χ1n) is 7.18. The van der Waals surface area contributed by atoms with E-state index in [1.54, 1.807) is 4.90 Å². The van der Waals surface area contributed by atoms with Gasteiger partial charge in [0.25, 0.3) is 5.91 Å². The Kier molecular flexibility index (Phi) is 4.67. The molecule has 0 aliphatic carbocycles. The number of nitrogens with two attached hydrogens (primary N) is 1. The van der Waals surface area contributed by atoms with Crippen LogP contribution in [0.15, 0.2) is 18.2 Å². The zero-order valence-electron chi connectivity index (χ0n) is 12.1. The summed E-state index contributed by atoms with van der Waals surface area (Å²) in [5.41, 5.74) is 6.48. The van der Waals surface area contributed by atoms with Crippen molar-refractivity contribution in [2.45, 2.75) is 32.2 Å². The molecule has 1 fully saturated rings. The van der Waals surface area contributed by atoms with E-state index in [-0.39, 0.29) is 23.6 Å². The minimum atomic E-state index is -0.177. The Morgan fingerprint density at radius 3 is 2.67 bits per heavy atom. The molecule has 1 aromatic carbocycles. The van der Waals surface area contributed by atoms with Gasteiger partial charge in [0.05, 0.1) is 5.56 Å². The second-order valence-electron chi connectivity index (χ2n) is 5.26. The van der Waals surface area contributed by atoms with E-state index in [9.17, 15) is 14.7 Å². The van der Waals surface area contributed by atoms with Crippen LogP contribution in [0, 0.1) is 0 Å². The summed E-state index contributed by atoms with van der Waals surface area (Å²) in [5, 5.41) is 12.4. The zero-order valence-corrected chi connectivity index (χ0v) is 12.1. The predicted octanol–water partition coefficient (Wildman–Crippen LogP) is 1.11. The normalized spacial score (nSPS) is 15.8. The lowest BCUT2D eigenvalue weighted by Gasteiger charge is -2.32. The van der Waals surface area contributed by atoms with Gasteiger partial charge in [-0.25, -0.2) is 0 Å². The Morgan fingerprint density at radius 1 is 1.38 bits per heavy atom. The van der Waals surface area contributed by atoms with E-state index in [0.717, 1.165) is 12.8 Å². The number of aromatic hydroxyl groups is 1. The largest absolute Gasteiger partial charge is 0.508 e. The van der Waals surface area contributed by atoms with Gasteiger partial charge < -0.3 is 21.1 Å². The molecule has 0 atom stereocenters. The van der Waals surface area contributed by atoms with E-state index in [2.05, 4.69) is 5.32 Å². The van der Waals surface area contributed by atoms with E-state index in [1.165, 1.54) is 18.2 Å². The minimum Gasteiger partial charge on any atom is -0.508 e. The molecule has 0 spiro atoms. The van der Waals surface area contributed by atoms with E-state index >= 15 is 0 Å². The van der Waals surface area contributed by atoms with Gasteiger partial charge in [0.15, 0.2) is 0 Å². The first-order valence-corrected chi connectivity index (χ1v) is 7.18. The van der Waals surface area contributed by atoms with Crippen LogP contribution < -0.4 is 11.1 Å². The molecule has 1 aliphatic heterocycles. The Hall–Kier alpha value is -2.24. The molecule has 2 rings (SSSR count). The van der Waals surface area contributed by atoms with E-state index in [4.69, 9.17) is 5.73 Å². The molecule has 0 unspecified atom stereocenters. The molecule has 1 aliphatic rings. The standard InChI is InChI=1S/C15H21N3O3/c1-2-14(20)17-10-5-7-18(8-6-10)15(21)12-9-11(19)3-4-13(12)16/h3-4,9-10,19H,2,5-8,16H2,1H3,(H,17,20). The molecule has 1 heterocycles. The number of rotatable bonds is 3. The molecule has 6 heteroatoms. The quantitative estimate of drug-likeness (QED) is 0.574.